The molecule has 0 amide bonds. The highest BCUT2D eigenvalue weighted by Crippen LogP contribution is 2.23. The van der Waals surface area contributed by atoms with Crippen LogP contribution in [0.25, 0.3) is 0 Å². The Kier molecular flexibility index (Phi) is 4.14. The molecule has 0 saturated carbocycles. The molecule has 0 aromatic carbocycles. The molecule has 1 aromatic heterocycles. The van der Waals surface area contributed by atoms with Crippen molar-refractivity contribution in [3.8, 4) is 0 Å². The van der Waals surface area contributed by atoms with Crippen LogP contribution in [-0.2, 0) is 11.4 Å². The number of hydrogen-bond donors (Lipinski definition) is 1. The maximum Gasteiger partial charge on any atom is 0.0572 e. The zero-order valence-corrected chi connectivity index (χ0v) is 9.65. The van der Waals surface area contributed by atoms with Crippen molar-refractivity contribution in [2.24, 2.45) is 0 Å². The number of halogens is 2. The van der Waals surface area contributed by atoms with Gasteiger partial charge in [0.1, 0.15) is 0 Å². The van der Waals surface area contributed by atoms with Crippen molar-refractivity contribution in [3.05, 3.63) is 26.9 Å². The van der Waals surface area contributed by atoms with Crippen molar-refractivity contribution in [1.29, 1.82) is 0 Å². The molecule has 1 aromatic rings. The molecule has 0 aliphatic heterocycles. The van der Waals surface area contributed by atoms with Gasteiger partial charge in [-0.3, -0.25) is 4.98 Å². The topological polar surface area (TPSA) is 34.1 Å². The zero-order valence-electron chi connectivity index (χ0n) is 6.47. The second-order valence-corrected chi connectivity index (χ2v) is 3.82. The lowest BCUT2D eigenvalue weighted by atomic mass is 10.3. The van der Waals surface area contributed by atoms with E-state index in [9.17, 15) is 0 Å². The smallest absolute Gasteiger partial charge is 0.0572 e. The number of rotatable bonds is 3. The summed E-state index contributed by atoms with van der Waals surface area (Å²) < 4.78 is 1.92. The first-order valence-corrected chi connectivity index (χ1v) is 4.88. The predicted molar refractivity (Wildman–Crippen MR) is 53.5 cm³/mol. The number of nitrogens with one attached hydrogen (secondary N) is 1. The van der Waals surface area contributed by atoms with Crippen molar-refractivity contribution >= 4 is 31.9 Å². The lowest BCUT2D eigenvalue weighted by Crippen LogP contribution is -2.11. The Morgan fingerprint density at radius 2 is 2.00 bits per heavy atom. The fourth-order valence-electron chi connectivity index (χ4n) is 0.751. The van der Waals surface area contributed by atoms with Gasteiger partial charge < -0.3 is 4.84 Å². The third-order valence-corrected chi connectivity index (χ3v) is 2.71. The molecule has 0 aliphatic rings. The van der Waals surface area contributed by atoms with Gasteiger partial charge in [-0.15, -0.1) is 0 Å². The molecule has 1 heterocycles. The molecule has 0 fully saturated rings. The Morgan fingerprint density at radius 1 is 1.42 bits per heavy atom. The Hall–Kier alpha value is 0.0300. The van der Waals surface area contributed by atoms with Crippen LogP contribution < -0.4 is 5.48 Å². The summed E-state index contributed by atoms with van der Waals surface area (Å²) in [6.45, 7) is 0.639. The van der Waals surface area contributed by atoms with Gasteiger partial charge >= 0.3 is 0 Å². The van der Waals surface area contributed by atoms with Gasteiger partial charge in [0.05, 0.1) is 7.11 Å². The van der Waals surface area contributed by atoms with E-state index in [1.165, 1.54) is 0 Å². The molecular weight excluding hydrogens is 288 g/mol. The van der Waals surface area contributed by atoms with Crippen LogP contribution in [0.5, 0.6) is 0 Å². The standard InChI is InChI=1S/C7H8Br2N2O/c1-12-11-2-5-6(8)3-10-4-7(5)9/h3-4,11H,2H2,1H3. The molecule has 12 heavy (non-hydrogen) atoms. The summed E-state index contributed by atoms with van der Waals surface area (Å²) in [5.41, 5.74) is 3.85. The van der Waals surface area contributed by atoms with E-state index < -0.39 is 0 Å². The monoisotopic (exact) mass is 294 g/mol. The van der Waals surface area contributed by atoms with E-state index >= 15 is 0 Å². The first-order chi connectivity index (χ1) is 5.75. The minimum Gasteiger partial charge on any atom is -0.305 e. The number of aromatic nitrogens is 1. The summed E-state index contributed by atoms with van der Waals surface area (Å²) >= 11 is 6.78. The molecule has 0 radical (unpaired) electrons. The lowest BCUT2D eigenvalue weighted by molar-refractivity contribution is 0.0864. The van der Waals surface area contributed by atoms with Crippen molar-refractivity contribution in [2.75, 3.05) is 7.11 Å². The van der Waals surface area contributed by atoms with Gasteiger partial charge in [-0.05, 0) is 37.4 Å². The maximum absolute atomic E-state index is 4.74. The molecule has 1 rings (SSSR count). The second kappa shape index (κ2) is 4.91. The van der Waals surface area contributed by atoms with Crippen LogP contribution in [0.15, 0.2) is 21.3 Å². The van der Waals surface area contributed by atoms with Gasteiger partial charge in [0.2, 0.25) is 0 Å². The molecule has 0 saturated heterocycles. The Bertz CT molecular complexity index is 247. The van der Waals surface area contributed by atoms with E-state index in [1.54, 1.807) is 19.5 Å². The quantitative estimate of drug-likeness (QED) is 0.869. The molecule has 0 aliphatic carbocycles. The second-order valence-electron chi connectivity index (χ2n) is 2.11. The van der Waals surface area contributed by atoms with Crippen LogP contribution in [0.1, 0.15) is 5.56 Å². The van der Waals surface area contributed by atoms with Crippen LogP contribution in [-0.4, -0.2) is 12.1 Å². The van der Waals surface area contributed by atoms with Crippen molar-refractivity contribution in [2.45, 2.75) is 6.54 Å². The molecule has 3 nitrogen and oxygen atoms in total. The van der Waals surface area contributed by atoms with Gasteiger partial charge in [-0.2, -0.15) is 5.48 Å². The SMILES string of the molecule is CONCc1c(Br)cncc1Br. The van der Waals surface area contributed by atoms with Gasteiger partial charge in [-0.25, -0.2) is 0 Å². The van der Waals surface area contributed by atoms with Gasteiger partial charge in [-0.1, -0.05) is 0 Å². The highest BCUT2D eigenvalue weighted by Gasteiger charge is 2.03. The Balaban J connectivity index is 2.81. The molecule has 0 bridgehead atoms. The highest BCUT2D eigenvalue weighted by molar-refractivity contribution is 9.11. The van der Waals surface area contributed by atoms with Crippen LogP contribution in [0.2, 0.25) is 0 Å². The third-order valence-electron chi connectivity index (χ3n) is 1.35. The number of hydrogen-bond acceptors (Lipinski definition) is 3. The van der Waals surface area contributed by atoms with Crippen molar-refractivity contribution in [3.63, 3.8) is 0 Å². The summed E-state index contributed by atoms with van der Waals surface area (Å²) in [6, 6.07) is 0. The van der Waals surface area contributed by atoms with Crippen LogP contribution in [0, 0.1) is 0 Å². The van der Waals surface area contributed by atoms with E-state index in [4.69, 9.17) is 4.84 Å². The molecule has 0 unspecified atom stereocenters. The van der Waals surface area contributed by atoms with Gasteiger partial charge in [0.25, 0.3) is 0 Å². The number of pyridine rings is 1. The summed E-state index contributed by atoms with van der Waals surface area (Å²) in [7, 11) is 1.59. The van der Waals surface area contributed by atoms with E-state index in [2.05, 4.69) is 42.3 Å². The number of nitrogens with zero attached hydrogens (tertiary/aromatic N) is 1. The predicted octanol–water partition coefficient (Wildman–Crippen LogP) is 2.26. The average molecular weight is 296 g/mol. The fraction of sp³-hybridized carbons (Fsp3) is 0.286. The van der Waals surface area contributed by atoms with E-state index in [0.717, 1.165) is 14.5 Å². The van der Waals surface area contributed by atoms with Gasteiger partial charge in [0, 0.05) is 27.9 Å². The lowest BCUT2D eigenvalue weighted by Gasteiger charge is -2.05. The zero-order chi connectivity index (χ0) is 8.97. The summed E-state index contributed by atoms with van der Waals surface area (Å²) in [5, 5.41) is 0. The summed E-state index contributed by atoms with van der Waals surface area (Å²) in [4.78, 5) is 8.73. The van der Waals surface area contributed by atoms with Crippen LogP contribution in [0.3, 0.4) is 0 Å². The largest absolute Gasteiger partial charge is 0.305 e. The van der Waals surface area contributed by atoms with Crippen molar-refractivity contribution in [1.82, 2.24) is 10.5 Å². The molecular formula is C7H8Br2N2O. The maximum atomic E-state index is 4.74. The highest BCUT2D eigenvalue weighted by atomic mass is 79.9. The molecule has 0 spiro atoms. The minimum atomic E-state index is 0.639. The molecule has 1 N–H and O–H groups in total. The first-order valence-electron chi connectivity index (χ1n) is 3.29. The van der Waals surface area contributed by atoms with Crippen LogP contribution >= 0.6 is 31.9 Å². The van der Waals surface area contributed by atoms with E-state index in [1.807, 2.05) is 0 Å². The van der Waals surface area contributed by atoms with E-state index in [0.29, 0.717) is 6.54 Å². The average Bonchev–Trinajstić information content (AvgIpc) is 2.04. The number of hydroxylamine groups is 1. The molecule has 66 valence electrons. The summed E-state index contributed by atoms with van der Waals surface area (Å²) in [5.74, 6) is 0. The van der Waals surface area contributed by atoms with Crippen molar-refractivity contribution < 1.29 is 4.84 Å². The van der Waals surface area contributed by atoms with Crippen LogP contribution in [0.4, 0.5) is 0 Å². The molecule has 5 heteroatoms. The molecule has 0 atom stereocenters. The first kappa shape index (κ1) is 10.1. The fourth-order valence-corrected chi connectivity index (χ4v) is 1.96. The Morgan fingerprint density at radius 3 is 2.50 bits per heavy atom. The van der Waals surface area contributed by atoms with E-state index in [-0.39, 0.29) is 0 Å². The minimum absolute atomic E-state index is 0.639. The van der Waals surface area contributed by atoms with Gasteiger partial charge in [0.15, 0.2) is 0 Å². The third kappa shape index (κ3) is 2.52. The summed E-state index contributed by atoms with van der Waals surface area (Å²) in [6.07, 6.45) is 3.49. The normalized spacial score (nSPS) is 10.2. The Labute approximate surface area is 87.7 Å².